The van der Waals surface area contributed by atoms with Crippen molar-refractivity contribution in [2.24, 2.45) is 0 Å². The van der Waals surface area contributed by atoms with E-state index in [1.807, 2.05) is 34.6 Å². The summed E-state index contributed by atoms with van der Waals surface area (Å²) in [5, 5.41) is 14.8. The van der Waals surface area contributed by atoms with Gasteiger partial charge in [0.15, 0.2) is 5.82 Å². The van der Waals surface area contributed by atoms with Gasteiger partial charge in [-0.1, -0.05) is 0 Å². The second-order valence-electron chi connectivity index (χ2n) is 6.16. The highest BCUT2D eigenvalue weighted by atomic mass is 19.1. The van der Waals surface area contributed by atoms with Crippen LogP contribution in [0.1, 0.15) is 23.9 Å². The van der Waals surface area contributed by atoms with Gasteiger partial charge in [-0.2, -0.15) is 5.10 Å². The lowest BCUT2D eigenvalue weighted by atomic mass is 10.2. The summed E-state index contributed by atoms with van der Waals surface area (Å²) >= 11 is 0. The fraction of sp³-hybridized carbons (Fsp3) is 0.500. The molecular formula is C16H22FN5O. The molecular weight excluding hydrogens is 297 g/mol. The zero-order valence-electron chi connectivity index (χ0n) is 13.5. The maximum absolute atomic E-state index is 14.0. The molecule has 0 saturated heterocycles. The molecule has 3 heterocycles. The first kappa shape index (κ1) is 15.9. The van der Waals surface area contributed by atoms with Crippen LogP contribution < -0.4 is 4.90 Å². The van der Waals surface area contributed by atoms with Crippen LogP contribution in [0.2, 0.25) is 0 Å². The summed E-state index contributed by atoms with van der Waals surface area (Å²) in [7, 11) is 3.83. The van der Waals surface area contributed by atoms with Crippen LogP contribution in [0.5, 0.6) is 0 Å². The first-order valence-corrected chi connectivity index (χ1v) is 7.78. The first-order chi connectivity index (χ1) is 11.0. The molecule has 3 rings (SSSR count). The Bertz CT molecular complexity index is 672. The van der Waals surface area contributed by atoms with Gasteiger partial charge in [0.05, 0.1) is 29.8 Å². The Balaban J connectivity index is 1.83. The molecule has 23 heavy (non-hydrogen) atoms. The predicted octanol–water partition coefficient (Wildman–Crippen LogP) is 1.42. The monoisotopic (exact) mass is 319 g/mol. The van der Waals surface area contributed by atoms with Crippen molar-refractivity contribution in [3.63, 3.8) is 0 Å². The molecule has 0 saturated carbocycles. The number of pyridine rings is 1. The maximum atomic E-state index is 14.0. The Morgan fingerprint density at radius 3 is 2.96 bits per heavy atom. The quantitative estimate of drug-likeness (QED) is 0.924. The van der Waals surface area contributed by atoms with Crippen molar-refractivity contribution < 1.29 is 9.50 Å². The molecule has 6 nitrogen and oxygen atoms in total. The molecule has 0 amide bonds. The van der Waals surface area contributed by atoms with Crippen molar-refractivity contribution in [2.75, 3.05) is 32.1 Å². The van der Waals surface area contributed by atoms with Crippen LogP contribution in [0.4, 0.5) is 10.1 Å². The van der Waals surface area contributed by atoms with Crippen LogP contribution in [0, 0.1) is 5.82 Å². The van der Waals surface area contributed by atoms with Crippen molar-refractivity contribution in [1.29, 1.82) is 0 Å². The molecule has 1 atom stereocenters. The summed E-state index contributed by atoms with van der Waals surface area (Å²) in [4.78, 5) is 7.73. The van der Waals surface area contributed by atoms with Crippen LogP contribution in [-0.2, 0) is 13.1 Å². The average molecular weight is 319 g/mol. The van der Waals surface area contributed by atoms with Gasteiger partial charge in [0.1, 0.15) is 6.10 Å². The molecule has 0 spiro atoms. The van der Waals surface area contributed by atoms with Gasteiger partial charge >= 0.3 is 0 Å². The molecule has 0 aliphatic carbocycles. The van der Waals surface area contributed by atoms with Crippen molar-refractivity contribution in [1.82, 2.24) is 19.7 Å². The van der Waals surface area contributed by atoms with Gasteiger partial charge in [0, 0.05) is 25.8 Å². The molecule has 1 aliphatic heterocycles. The lowest BCUT2D eigenvalue weighted by Gasteiger charge is -2.22. The van der Waals surface area contributed by atoms with Crippen LogP contribution in [0.25, 0.3) is 0 Å². The van der Waals surface area contributed by atoms with E-state index in [4.69, 9.17) is 0 Å². The molecule has 2 aromatic rings. The second-order valence-corrected chi connectivity index (χ2v) is 6.16. The molecule has 0 radical (unpaired) electrons. The van der Waals surface area contributed by atoms with Gasteiger partial charge in [-0.15, -0.1) is 0 Å². The standard InChI is InChI=1S/C16H22FN5O/c1-20(2)11-16(23)14-8-12-10-21(6-3-7-22(12)19-14)15-4-5-18-9-13(15)17/h4-5,8-9,16,23H,3,6-7,10-11H2,1-2H3. The molecule has 0 fully saturated rings. The highest BCUT2D eigenvalue weighted by Gasteiger charge is 2.21. The summed E-state index contributed by atoms with van der Waals surface area (Å²) in [6, 6.07) is 3.62. The Morgan fingerprint density at radius 2 is 2.22 bits per heavy atom. The molecule has 1 unspecified atom stereocenters. The topological polar surface area (TPSA) is 57.4 Å². The van der Waals surface area contributed by atoms with Gasteiger partial charge in [-0.3, -0.25) is 9.67 Å². The summed E-state index contributed by atoms with van der Waals surface area (Å²) in [6.07, 6.45) is 3.10. The van der Waals surface area contributed by atoms with E-state index in [0.717, 1.165) is 25.2 Å². The zero-order valence-corrected chi connectivity index (χ0v) is 13.5. The fourth-order valence-electron chi connectivity index (χ4n) is 2.92. The third-order valence-electron chi connectivity index (χ3n) is 4.00. The summed E-state index contributed by atoms with van der Waals surface area (Å²) < 4.78 is 15.9. The third kappa shape index (κ3) is 3.51. The molecule has 124 valence electrons. The van der Waals surface area contributed by atoms with Crippen LogP contribution in [0.3, 0.4) is 0 Å². The SMILES string of the molecule is CN(C)CC(O)c1cc2n(n1)CCCN(c1ccncc1F)C2. The second kappa shape index (κ2) is 6.64. The zero-order chi connectivity index (χ0) is 16.4. The smallest absolute Gasteiger partial charge is 0.164 e. The number of hydrogen-bond donors (Lipinski definition) is 1. The molecule has 0 bridgehead atoms. The van der Waals surface area contributed by atoms with Crippen molar-refractivity contribution in [2.45, 2.75) is 25.6 Å². The number of aliphatic hydroxyl groups excluding tert-OH is 1. The molecule has 1 N–H and O–H groups in total. The van der Waals surface area contributed by atoms with Crippen LogP contribution in [0.15, 0.2) is 24.5 Å². The minimum Gasteiger partial charge on any atom is -0.385 e. The van der Waals surface area contributed by atoms with E-state index in [0.29, 0.717) is 24.5 Å². The van der Waals surface area contributed by atoms with E-state index < -0.39 is 6.10 Å². The van der Waals surface area contributed by atoms with E-state index in [2.05, 4.69) is 10.1 Å². The number of nitrogens with zero attached hydrogens (tertiary/aromatic N) is 5. The van der Waals surface area contributed by atoms with Crippen molar-refractivity contribution >= 4 is 5.69 Å². The summed E-state index contributed by atoms with van der Waals surface area (Å²) in [5.41, 5.74) is 2.22. The summed E-state index contributed by atoms with van der Waals surface area (Å²) in [6.45, 7) is 2.63. The highest BCUT2D eigenvalue weighted by Crippen LogP contribution is 2.24. The van der Waals surface area contributed by atoms with Crippen LogP contribution in [-0.4, -0.2) is 52.0 Å². The van der Waals surface area contributed by atoms with E-state index >= 15 is 0 Å². The highest BCUT2D eigenvalue weighted by molar-refractivity contribution is 5.46. The number of rotatable bonds is 4. The van der Waals surface area contributed by atoms with E-state index in [-0.39, 0.29) is 5.82 Å². The lowest BCUT2D eigenvalue weighted by molar-refractivity contribution is 0.133. The van der Waals surface area contributed by atoms with Gasteiger partial charge in [0.2, 0.25) is 0 Å². The number of anilines is 1. The predicted molar refractivity (Wildman–Crippen MR) is 85.6 cm³/mol. The van der Waals surface area contributed by atoms with Crippen LogP contribution >= 0.6 is 0 Å². The van der Waals surface area contributed by atoms with Crippen molar-refractivity contribution in [3.8, 4) is 0 Å². The largest absolute Gasteiger partial charge is 0.385 e. The van der Waals surface area contributed by atoms with E-state index in [9.17, 15) is 9.50 Å². The Kier molecular flexibility index (Phi) is 4.58. The fourth-order valence-corrected chi connectivity index (χ4v) is 2.92. The third-order valence-corrected chi connectivity index (χ3v) is 4.00. The van der Waals surface area contributed by atoms with Crippen molar-refractivity contribution in [3.05, 3.63) is 41.7 Å². The maximum Gasteiger partial charge on any atom is 0.164 e. The summed E-state index contributed by atoms with van der Waals surface area (Å²) in [5.74, 6) is -0.312. The molecule has 2 aromatic heterocycles. The van der Waals surface area contributed by atoms with Gasteiger partial charge < -0.3 is 14.9 Å². The molecule has 0 aromatic carbocycles. The molecule has 1 aliphatic rings. The number of halogens is 1. The number of fused-ring (bicyclic) bond motifs is 1. The lowest BCUT2D eigenvalue weighted by Crippen LogP contribution is -2.23. The number of likely N-dealkylation sites (N-methyl/N-ethyl adjacent to an activating group) is 1. The Morgan fingerprint density at radius 1 is 1.39 bits per heavy atom. The Hall–Kier alpha value is -1.99. The van der Waals surface area contributed by atoms with Gasteiger partial charge in [-0.05, 0) is 32.6 Å². The van der Waals surface area contributed by atoms with E-state index in [1.54, 1.807) is 12.3 Å². The number of aliphatic hydroxyl groups is 1. The average Bonchev–Trinajstić information content (AvgIpc) is 2.80. The minimum absolute atomic E-state index is 0.312. The Labute approximate surface area is 135 Å². The first-order valence-electron chi connectivity index (χ1n) is 7.78. The van der Waals surface area contributed by atoms with Gasteiger partial charge in [0.25, 0.3) is 0 Å². The van der Waals surface area contributed by atoms with Gasteiger partial charge in [-0.25, -0.2) is 4.39 Å². The normalized spacial score (nSPS) is 16.3. The van der Waals surface area contributed by atoms with E-state index in [1.165, 1.54) is 6.20 Å². The number of aryl methyl sites for hydroxylation is 1. The number of hydrogen-bond acceptors (Lipinski definition) is 5. The number of aromatic nitrogens is 3. The molecule has 7 heteroatoms. The minimum atomic E-state index is -0.615.